The zero-order valence-electron chi connectivity index (χ0n) is 11.6. The summed E-state index contributed by atoms with van der Waals surface area (Å²) in [5.41, 5.74) is 0.398. The normalized spacial score (nSPS) is 14.8. The van der Waals surface area contributed by atoms with Crippen molar-refractivity contribution in [2.24, 2.45) is 5.92 Å². The Balaban J connectivity index is 3.17. The molecule has 0 aromatic heterocycles. The van der Waals surface area contributed by atoms with E-state index in [0.717, 1.165) is 0 Å². The molecule has 0 amide bonds. The standard InChI is InChI=1S/C13H18ClNO4S/c1-4-8(2)12(13(16)17)15-20(18,19)11-7-5-6-10(14)9(11)3/h5-8,12,15H,4H2,1-3H3,(H,16,17)/t8?,12-/m0/s1. The van der Waals surface area contributed by atoms with Gasteiger partial charge in [0.2, 0.25) is 10.0 Å². The maximum absolute atomic E-state index is 12.3. The molecular weight excluding hydrogens is 302 g/mol. The second-order valence-corrected chi connectivity index (χ2v) is 6.78. The SMILES string of the molecule is CCC(C)[C@H](NS(=O)(=O)c1cccc(Cl)c1C)C(=O)O. The van der Waals surface area contributed by atoms with Gasteiger partial charge in [-0.25, -0.2) is 8.42 Å². The third kappa shape index (κ3) is 3.71. The first-order valence-electron chi connectivity index (χ1n) is 6.21. The minimum atomic E-state index is -3.93. The van der Waals surface area contributed by atoms with E-state index in [1.807, 2.05) is 0 Å². The van der Waals surface area contributed by atoms with Crippen molar-refractivity contribution >= 4 is 27.6 Å². The molecule has 0 spiro atoms. The average Bonchev–Trinajstić information content (AvgIpc) is 2.37. The third-order valence-electron chi connectivity index (χ3n) is 3.27. The number of carbonyl (C=O) groups is 1. The van der Waals surface area contributed by atoms with Gasteiger partial charge < -0.3 is 5.11 Å². The molecule has 0 aliphatic rings. The fraction of sp³-hybridized carbons (Fsp3) is 0.462. The second kappa shape index (κ2) is 6.56. The number of nitrogens with one attached hydrogen (secondary N) is 1. The molecule has 0 bridgehead atoms. The van der Waals surface area contributed by atoms with Crippen LogP contribution in [0.4, 0.5) is 0 Å². The number of aliphatic carboxylic acids is 1. The van der Waals surface area contributed by atoms with Crippen molar-refractivity contribution in [3.05, 3.63) is 28.8 Å². The molecule has 1 rings (SSSR count). The van der Waals surface area contributed by atoms with Crippen molar-refractivity contribution in [2.75, 3.05) is 0 Å². The van der Waals surface area contributed by atoms with Gasteiger partial charge in [0.15, 0.2) is 0 Å². The van der Waals surface area contributed by atoms with E-state index in [9.17, 15) is 13.2 Å². The topological polar surface area (TPSA) is 83.5 Å². The lowest BCUT2D eigenvalue weighted by atomic mass is 10.0. The van der Waals surface area contributed by atoms with E-state index >= 15 is 0 Å². The van der Waals surface area contributed by atoms with Gasteiger partial charge >= 0.3 is 5.97 Å². The molecule has 7 heteroatoms. The van der Waals surface area contributed by atoms with Crippen molar-refractivity contribution in [1.29, 1.82) is 0 Å². The molecule has 112 valence electrons. The maximum atomic E-state index is 12.3. The monoisotopic (exact) mass is 319 g/mol. The number of carboxylic acids is 1. The summed E-state index contributed by atoms with van der Waals surface area (Å²) in [4.78, 5) is 11.2. The van der Waals surface area contributed by atoms with Crippen LogP contribution in [0.15, 0.2) is 23.1 Å². The smallest absolute Gasteiger partial charge is 0.322 e. The van der Waals surface area contributed by atoms with Crippen LogP contribution in [0.25, 0.3) is 0 Å². The zero-order valence-corrected chi connectivity index (χ0v) is 13.1. The Bertz CT molecular complexity index is 600. The highest BCUT2D eigenvalue weighted by Crippen LogP contribution is 2.23. The van der Waals surface area contributed by atoms with Gasteiger partial charge in [0.25, 0.3) is 0 Å². The van der Waals surface area contributed by atoms with Crippen LogP contribution >= 0.6 is 11.6 Å². The Labute approximate surface area is 124 Å². The number of carboxylic acid groups (broad SMARTS) is 1. The van der Waals surface area contributed by atoms with Crippen molar-refractivity contribution in [3.8, 4) is 0 Å². The molecule has 20 heavy (non-hydrogen) atoms. The van der Waals surface area contributed by atoms with Crippen LogP contribution in [0.5, 0.6) is 0 Å². The van der Waals surface area contributed by atoms with Crippen LogP contribution in [-0.2, 0) is 14.8 Å². The second-order valence-electron chi connectivity index (χ2n) is 4.69. The van der Waals surface area contributed by atoms with Gasteiger partial charge in [0.1, 0.15) is 6.04 Å². The largest absolute Gasteiger partial charge is 0.480 e. The molecule has 0 aliphatic carbocycles. The average molecular weight is 320 g/mol. The van der Waals surface area contributed by atoms with Gasteiger partial charge in [0, 0.05) is 5.02 Å². The van der Waals surface area contributed by atoms with E-state index in [0.29, 0.717) is 17.0 Å². The summed E-state index contributed by atoms with van der Waals surface area (Å²) in [7, 11) is -3.93. The molecule has 1 aromatic carbocycles. The fourth-order valence-electron chi connectivity index (χ4n) is 1.76. The van der Waals surface area contributed by atoms with Crippen molar-refractivity contribution in [1.82, 2.24) is 4.72 Å². The lowest BCUT2D eigenvalue weighted by Crippen LogP contribution is -2.45. The number of hydrogen-bond donors (Lipinski definition) is 2. The van der Waals surface area contributed by atoms with E-state index in [1.54, 1.807) is 26.8 Å². The Kier molecular flexibility index (Phi) is 5.56. The molecule has 1 aromatic rings. The van der Waals surface area contributed by atoms with Gasteiger partial charge in [-0.15, -0.1) is 0 Å². The Morgan fingerprint density at radius 2 is 2.05 bits per heavy atom. The predicted octanol–water partition coefficient (Wildman–Crippen LogP) is 2.43. The minimum Gasteiger partial charge on any atom is -0.480 e. The molecule has 0 aliphatic heterocycles. The number of sulfonamides is 1. The summed E-state index contributed by atoms with van der Waals surface area (Å²) in [6, 6.07) is 3.34. The van der Waals surface area contributed by atoms with Gasteiger partial charge in [-0.2, -0.15) is 4.72 Å². The van der Waals surface area contributed by atoms with Gasteiger partial charge in [-0.05, 0) is 30.5 Å². The Hall–Kier alpha value is -1.11. The zero-order chi connectivity index (χ0) is 15.5. The van der Waals surface area contributed by atoms with E-state index in [4.69, 9.17) is 16.7 Å². The first-order chi connectivity index (χ1) is 9.20. The highest BCUT2D eigenvalue weighted by molar-refractivity contribution is 7.89. The molecular formula is C13H18ClNO4S. The molecule has 0 radical (unpaired) electrons. The number of rotatable bonds is 6. The lowest BCUT2D eigenvalue weighted by molar-refractivity contribution is -0.140. The van der Waals surface area contributed by atoms with Gasteiger partial charge in [0.05, 0.1) is 4.90 Å². The highest BCUT2D eigenvalue weighted by atomic mass is 35.5. The Morgan fingerprint density at radius 1 is 1.45 bits per heavy atom. The summed E-state index contributed by atoms with van der Waals surface area (Å²) < 4.78 is 26.9. The van der Waals surface area contributed by atoms with Crippen molar-refractivity contribution in [3.63, 3.8) is 0 Å². The predicted molar refractivity (Wildman–Crippen MR) is 77.4 cm³/mol. The van der Waals surface area contributed by atoms with Crippen LogP contribution in [-0.4, -0.2) is 25.5 Å². The van der Waals surface area contributed by atoms with E-state index in [1.165, 1.54) is 12.1 Å². The quantitative estimate of drug-likeness (QED) is 0.843. The highest BCUT2D eigenvalue weighted by Gasteiger charge is 2.30. The number of hydrogen-bond acceptors (Lipinski definition) is 3. The molecule has 0 heterocycles. The lowest BCUT2D eigenvalue weighted by Gasteiger charge is -2.20. The van der Waals surface area contributed by atoms with E-state index in [-0.39, 0.29) is 10.8 Å². The maximum Gasteiger partial charge on any atom is 0.322 e. The van der Waals surface area contributed by atoms with Crippen LogP contribution in [0.1, 0.15) is 25.8 Å². The van der Waals surface area contributed by atoms with Crippen LogP contribution in [0, 0.1) is 12.8 Å². The number of halogens is 1. The van der Waals surface area contributed by atoms with Crippen LogP contribution in [0.2, 0.25) is 5.02 Å². The van der Waals surface area contributed by atoms with Crippen molar-refractivity contribution < 1.29 is 18.3 Å². The molecule has 2 atom stereocenters. The van der Waals surface area contributed by atoms with E-state index in [2.05, 4.69) is 4.72 Å². The third-order valence-corrected chi connectivity index (χ3v) is 5.26. The Morgan fingerprint density at radius 3 is 2.55 bits per heavy atom. The fourth-order valence-corrected chi connectivity index (χ4v) is 3.55. The molecule has 1 unspecified atom stereocenters. The summed E-state index contributed by atoms with van der Waals surface area (Å²) >= 11 is 5.90. The van der Waals surface area contributed by atoms with Gasteiger partial charge in [-0.1, -0.05) is 37.9 Å². The minimum absolute atomic E-state index is 0.000414. The van der Waals surface area contributed by atoms with Crippen LogP contribution in [0.3, 0.4) is 0 Å². The molecule has 0 saturated heterocycles. The first kappa shape index (κ1) is 16.9. The molecule has 5 nitrogen and oxygen atoms in total. The summed E-state index contributed by atoms with van der Waals surface area (Å²) in [6.45, 7) is 5.07. The molecule has 0 fully saturated rings. The summed E-state index contributed by atoms with van der Waals surface area (Å²) in [5.74, 6) is -1.51. The number of benzene rings is 1. The summed E-state index contributed by atoms with van der Waals surface area (Å²) in [5, 5.41) is 9.48. The van der Waals surface area contributed by atoms with E-state index < -0.39 is 22.0 Å². The first-order valence-corrected chi connectivity index (χ1v) is 8.07. The van der Waals surface area contributed by atoms with Crippen LogP contribution < -0.4 is 4.72 Å². The summed E-state index contributed by atoms with van der Waals surface area (Å²) in [6.07, 6.45) is 0.550. The molecule has 2 N–H and O–H groups in total. The van der Waals surface area contributed by atoms with Crippen molar-refractivity contribution in [2.45, 2.75) is 38.1 Å². The van der Waals surface area contributed by atoms with Gasteiger partial charge in [-0.3, -0.25) is 4.79 Å². The molecule has 0 saturated carbocycles.